The summed E-state index contributed by atoms with van der Waals surface area (Å²) in [6.45, 7) is 1.68. The van der Waals surface area contributed by atoms with Gasteiger partial charge >= 0.3 is 0 Å². The Balaban J connectivity index is 2.20. The van der Waals surface area contributed by atoms with Crippen LogP contribution in [0.3, 0.4) is 0 Å². The van der Waals surface area contributed by atoms with Gasteiger partial charge < -0.3 is 0 Å². The molecule has 0 unspecified atom stereocenters. The molecule has 0 bridgehead atoms. The Labute approximate surface area is 108 Å². The zero-order valence-electron chi connectivity index (χ0n) is 9.52. The molecule has 1 heterocycles. The van der Waals surface area contributed by atoms with Crippen LogP contribution in [0.15, 0.2) is 46.4 Å². The number of rotatable bonds is 0. The number of carbonyl (C=O) groups is 3. The number of fused-ring (bicyclic) bond motifs is 1. The first kappa shape index (κ1) is 11.2. The van der Waals surface area contributed by atoms with Gasteiger partial charge in [-0.05, 0) is 24.8 Å². The summed E-state index contributed by atoms with van der Waals surface area (Å²) in [6.07, 6.45) is 1.62. The highest BCUT2D eigenvalue weighted by Crippen LogP contribution is 2.38. The Kier molecular flexibility index (Phi) is 2.35. The van der Waals surface area contributed by atoms with Crippen LogP contribution < -0.4 is 0 Å². The van der Waals surface area contributed by atoms with Crippen molar-refractivity contribution in [2.45, 2.75) is 6.92 Å². The smallest absolute Gasteiger partial charge is 0.219 e. The molecule has 1 aromatic rings. The van der Waals surface area contributed by atoms with Gasteiger partial charge in [0.15, 0.2) is 11.6 Å². The predicted molar refractivity (Wildman–Crippen MR) is 68.5 cm³/mol. The largest absolute Gasteiger partial charge is 0.288 e. The number of carbonyl (C=O) groups excluding carboxylic acids is 3. The Morgan fingerprint density at radius 2 is 1.50 bits per heavy atom. The van der Waals surface area contributed by atoms with Gasteiger partial charge in [0.05, 0.1) is 5.57 Å². The van der Waals surface area contributed by atoms with E-state index in [1.165, 1.54) is 0 Å². The lowest BCUT2D eigenvalue weighted by atomic mass is 10.1. The first-order valence-corrected chi connectivity index (χ1v) is 6.24. The number of hydrogen-bond donors (Lipinski definition) is 0. The summed E-state index contributed by atoms with van der Waals surface area (Å²) in [7, 11) is 0. The summed E-state index contributed by atoms with van der Waals surface area (Å²) >= 11 is 0.955. The molecule has 2 aliphatic rings. The number of allylic oxidation sites excluding steroid dienone is 2. The van der Waals surface area contributed by atoms with Crippen LogP contribution in [0, 0.1) is 0 Å². The van der Waals surface area contributed by atoms with Crippen LogP contribution in [0.1, 0.15) is 27.6 Å². The van der Waals surface area contributed by atoms with Crippen LogP contribution in [0.5, 0.6) is 0 Å². The lowest BCUT2D eigenvalue weighted by molar-refractivity contribution is -0.107. The summed E-state index contributed by atoms with van der Waals surface area (Å²) in [5.41, 5.74) is 1.55. The zero-order valence-corrected chi connectivity index (χ0v) is 10.3. The molecule has 0 amide bonds. The quantitative estimate of drug-likeness (QED) is 0.528. The molecule has 88 valence electrons. The topological polar surface area (TPSA) is 51.2 Å². The fourth-order valence-corrected chi connectivity index (χ4v) is 3.01. The molecule has 18 heavy (non-hydrogen) atoms. The molecule has 0 fully saturated rings. The third-order valence-corrected chi connectivity index (χ3v) is 4.04. The molecule has 1 aliphatic heterocycles. The lowest BCUT2D eigenvalue weighted by Crippen LogP contribution is -2.02. The maximum Gasteiger partial charge on any atom is 0.219 e. The Hall–Kier alpha value is -1.94. The van der Waals surface area contributed by atoms with E-state index in [4.69, 9.17) is 0 Å². The maximum absolute atomic E-state index is 12.2. The van der Waals surface area contributed by atoms with E-state index < -0.39 is 0 Å². The number of ketones is 2. The standard InChI is InChI=1S/C14H8O3S/c1-7-6-10(18-14(7)17)11-12(15)8-4-2-3-5-9(8)13(11)16/h2-6H,1H3. The molecule has 3 nitrogen and oxygen atoms in total. The van der Waals surface area contributed by atoms with Crippen molar-refractivity contribution in [1.82, 2.24) is 0 Å². The van der Waals surface area contributed by atoms with Crippen molar-refractivity contribution in [2.75, 3.05) is 0 Å². The predicted octanol–water partition coefficient (Wildman–Crippen LogP) is 2.54. The summed E-state index contributed by atoms with van der Waals surface area (Å²) in [5.74, 6) is -0.561. The monoisotopic (exact) mass is 256 g/mol. The van der Waals surface area contributed by atoms with Crippen molar-refractivity contribution in [1.29, 1.82) is 0 Å². The highest BCUT2D eigenvalue weighted by molar-refractivity contribution is 8.18. The highest BCUT2D eigenvalue weighted by atomic mass is 32.2. The highest BCUT2D eigenvalue weighted by Gasteiger charge is 2.36. The minimum atomic E-state index is -0.281. The van der Waals surface area contributed by atoms with E-state index in [9.17, 15) is 14.4 Å². The molecule has 0 spiro atoms. The van der Waals surface area contributed by atoms with Crippen LogP contribution in [-0.4, -0.2) is 16.7 Å². The molecule has 0 saturated carbocycles. The van der Waals surface area contributed by atoms with Gasteiger partial charge in [-0.25, -0.2) is 0 Å². The van der Waals surface area contributed by atoms with E-state index in [1.807, 2.05) is 0 Å². The Morgan fingerprint density at radius 1 is 0.944 bits per heavy atom. The Morgan fingerprint density at radius 3 is 1.94 bits per heavy atom. The summed E-state index contributed by atoms with van der Waals surface area (Å²) in [6, 6.07) is 6.74. The van der Waals surface area contributed by atoms with Crippen LogP contribution in [0.25, 0.3) is 0 Å². The minimum absolute atomic E-state index is 0.103. The summed E-state index contributed by atoms with van der Waals surface area (Å²) < 4.78 is 0. The van der Waals surface area contributed by atoms with E-state index in [0.29, 0.717) is 21.6 Å². The second-order valence-corrected chi connectivity index (χ2v) is 5.17. The fourth-order valence-electron chi connectivity index (χ4n) is 2.06. The van der Waals surface area contributed by atoms with Crippen LogP contribution in [-0.2, 0) is 4.79 Å². The molecule has 0 aromatic heterocycles. The maximum atomic E-state index is 12.2. The Bertz CT molecular complexity index is 643. The van der Waals surface area contributed by atoms with Crippen LogP contribution in [0.2, 0.25) is 0 Å². The van der Waals surface area contributed by atoms with Gasteiger partial charge in [-0.2, -0.15) is 0 Å². The minimum Gasteiger partial charge on any atom is -0.288 e. The summed E-state index contributed by atoms with van der Waals surface area (Å²) in [5, 5.41) is -0.103. The van der Waals surface area contributed by atoms with Gasteiger partial charge in [-0.1, -0.05) is 24.3 Å². The number of benzene rings is 1. The van der Waals surface area contributed by atoms with Crippen LogP contribution in [0.4, 0.5) is 0 Å². The molecule has 1 aromatic carbocycles. The summed E-state index contributed by atoms with van der Waals surface area (Å²) in [4.78, 5) is 36.3. The average Bonchev–Trinajstić information content (AvgIpc) is 2.80. The molecule has 0 atom stereocenters. The second-order valence-electron chi connectivity index (χ2n) is 4.16. The molecule has 1 aliphatic carbocycles. The van der Waals surface area contributed by atoms with Crippen molar-refractivity contribution in [3.8, 4) is 0 Å². The molecular formula is C14H8O3S. The molecule has 3 rings (SSSR count). The van der Waals surface area contributed by atoms with E-state index >= 15 is 0 Å². The molecule has 0 saturated heterocycles. The number of thioether (sulfide) groups is 1. The van der Waals surface area contributed by atoms with E-state index in [0.717, 1.165) is 11.8 Å². The molecule has 0 radical (unpaired) electrons. The average molecular weight is 256 g/mol. The zero-order chi connectivity index (χ0) is 12.9. The first-order valence-electron chi connectivity index (χ1n) is 5.43. The molecule has 4 heteroatoms. The third-order valence-electron chi connectivity index (χ3n) is 2.99. The lowest BCUT2D eigenvalue weighted by Gasteiger charge is -1.96. The van der Waals surface area contributed by atoms with Crippen molar-refractivity contribution in [3.05, 3.63) is 57.5 Å². The van der Waals surface area contributed by atoms with Gasteiger partial charge in [-0.3, -0.25) is 14.4 Å². The van der Waals surface area contributed by atoms with Crippen molar-refractivity contribution >= 4 is 28.4 Å². The number of hydrogen-bond acceptors (Lipinski definition) is 4. The second kappa shape index (κ2) is 3.78. The van der Waals surface area contributed by atoms with Crippen molar-refractivity contribution in [3.63, 3.8) is 0 Å². The van der Waals surface area contributed by atoms with Gasteiger partial charge in [0, 0.05) is 21.6 Å². The van der Waals surface area contributed by atoms with Gasteiger partial charge in [0.1, 0.15) is 0 Å². The normalized spacial score (nSPS) is 18.5. The van der Waals surface area contributed by atoms with E-state index in [2.05, 4.69) is 0 Å². The van der Waals surface area contributed by atoms with Crippen molar-refractivity contribution in [2.24, 2.45) is 0 Å². The third kappa shape index (κ3) is 1.42. The number of Topliss-reactive ketones (excluding diaryl/α,β-unsaturated/α-hetero) is 2. The van der Waals surface area contributed by atoms with Crippen LogP contribution >= 0.6 is 11.8 Å². The van der Waals surface area contributed by atoms with Gasteiger partial charge in [0.2, 0.25) is 5.12 Å². The SMILES string of the molecule is CC1=CC(=C2C(=O)c3ccccc3C2=O)SC1=O. The van der Waals surface area contributed by atoms with Gasteiger partial charge in [-0.15, -0.1) is 0 Å². The first-order chi connectivity index (χ1) is 8.59. The van der Waals surface area contributed by atoms with E-state index in [-0.39, 0.29) is 22.3 Å². The molecular weight excluding hydrogens is 248 g/mol. The van der Waals surface area contributed by atoms with Crippen molar-refractivity contribution < 1.29 is 14.4 Å². The fraction of sp³-hybridized carbons (Fsp3) is 0.0714. The molecule has 0 N–H and O–H groups in total. The van der Waals surface area contributed by atoms with E-state index in [1.54, 1.807) is 37.3 Å². The van der Waals surface area contributed by atoms with Gasteiger partial charge in [0.25, 0.3) is 0 Å².